The molecule has 2 rings (SSSR count). The number of rotatable bonds is 9. The summed E-state index contributed by atoms with van der Waals surface area (Å²) < 4.78 is 5.04. The SMILES string of the molecule is CCOC(=O)c1cc(CC)sc1NC(=O)CCCNC(=O)c1cccs1. The van der Waals surface area contributed by atoms with E-state index in [4.69, 9.17) is 4.74 Å². The number of thiophene rings is 2. The highest BCUT2D eigenvalue weighted by molar-refractivity contribution is 7.16. The fraction of sp³-hybridized carbons (Fsp3) is 0.389. The first-order chi connectivity index (χ1) is 12.5. The highest BCUT2D eigenvalue weighted by Crippen LogP contribution is 2.29. The Morgan fingerprint density at radius 1 is 1.23 bits per heavy atom. The van der Waals surface area contributed by atoms with Gasteiger partial charge in [-0.15, -0.1) is 22.7 Å². The van der Waals surface area contributed by atoms with Crippen LogP contribution < -0.4 is 10.6 Å². The third kappa shape index (κ3) is 5.67. The van der Waals surface area contributed by atoms with E-state index in [2.05, 4.69) is 10.6 Å². The molecule has 0 spiro atoms. The van der Waals surface area contributed by atoms with E-state index < -0.39 is 5.97 Å². The van der Waals surface area contributed by atoms with Crippen LogP contribution in [-0.4, -0.2) is 30.9 Å². The van der Waals surface area contributed by atoms with Crippen LogP contribution in [0.2, 0.25) is 0 Å². The fourth-order valence-electron chi connectivity index (χ4n) is 2.20. The van der Waals surface area contributed by atoms with E-state index in [1.807, 2.05) is 18.4 Å². The third-order valence-electron chi connectivity index (χ3n) is 3.49. The van der Waals surface area contributed by atoms with Crippen LogP contribution in [0.1, 0.15) is 51.6 Å². The quantitative estimate of drug-likeness (QED) is 0.502. The molecule has 8 heteroatoms. The second-order valence-corrected chi connectivity index (χ2v) is 7.50. The highest BCUT2D eigenvalue weighted by atomic mass is 32.1. The van der Waals surface area contributed by atoms with Gasteiger partial charge in [0.1, 0.15) is 5.00 Å². The summed E-state index contributed by atoms with van der Waals surface area (Å²) in [5.74, 6) is -0.747. The second-order valence-electron chi connectivity index (χ2n) is 5.41. The topological polar surface area (TPSA) is 84.5 Å². The van der Waals surface area contributed by atoms with Gasteiger partial charge in [-0.1, -0.05) is 13.0 Å². The summed E-state index contributed by atoms with van der Waals surface area (Å²) in [5, 5.41) is 7.94. The highest BCUT2D eigenvalue weighted by Gasteiger charge is 2.18. The summed E-state index contributed by atoms with van der Waals surface area (Å²) in [4.78, 5) is 37.6. The number of carbonyl (C=O) groups is 3. The summed E-state index contributed by atoms with van der Waals surface area (Å²) in [7, 11) is 0. The molecule has 26 heavy (non-hydrogen) atoms. The van der Waals surface area contributed by atoms with Crippen molar-refractivity contribution in [3.05, 3.63) is 38.9 Å². The molecule has 0 saturated heterocycles. The van der Waals surface area contributed by atoms with Crippen LogP contribution in [0, 0.1) is 0 Å². The van der Waals surface area contributed by atoms with Gasteiger partial charge in [0.15, 0.2) is 0 Å². The van der Waals surface area contributed by atoms with Crippen LogP contribution in [-0.2, 0) is 16.0 Å². The maximum Gasteiger partial charge on any atom is 0.341 e. The summed E-state index contributed by atoms with van der Waals surface area (Å²) in [6.45, 7) is 4.43. The number of carbonyl (C=O) groups excluding carboxylic acids is 3. The van der Waals surface area contributed by atoms with Crippen LogP contribution in [0.25, 0.3) is 0 Å². The van der Waals surface area contributed by atoms with E-state index in [1.165, 1.54) is 22.7 Å². The molecule has 140 valence electrons. The smallest absolute Gasteiger partial charge is 0.341 e. The number of esters is 1. The lowest BCUT2D eigenvalue weighted by molar-refractivity contribution is -0.116. The maximum atomic E-state index is 12.1. The molecule has 0 aliphatic rings. The third-order valence-corrected chi connectivity index (χ3v) is 5.55. The molecule has 2 amide bonds. The van der Waals surface area contributed by atoms with Crippen LogP contribution in [0.3, 0.4) is 0 Å². The summed E-state index contributed by atoms with van der Waals surface area (Å²) >= 11 is 2.76. The number of aryl methyl sites for hydroxylation is 1. The van der Waals surface area contributed by atoms with E-state index in [0.29, 0.717) is 28.4 Å². The zero-order chi connectivity index (χ0) is 18.9. The molecular weight excluding hydrogens is 372 g/mol. The van der Waals surface area contributed by atoms with Gasteiger partial charge in [0.25, 0.3) is 5.91 Å². The summed E-state index contributed by atoms with van der Waals surface area (Å²) in [6.07, 6.45) is 1.55. The van der Waals surface area contributed by atoms with Crippen molar-refractivity contribution >= 4 is 45.5 Å². The summed E-state index contributed by atoms with van der Waals surface area (Å²) in [5.41, 5.74) is 0.396. The molecule has 2 N–H and O–H groups in total. The maximum absolute atomic E-state index is 12.1. The molecule has 0 aliphatic heterocycles. The van der Waals surface area contributed by atoms with Gasteiger partial charge >= 0.3 is 5.97 Å². The van der Waals surface area contributed by atoms with Gasteiger partial charge in [0.2, 0.25) is 5.91 Å². The molecule has 0 unspecified atom stereocenters. The average molecular weight is 395 g/mol. The Balaban J connectivity index is 1.82. The Bertz CT molecular complexity index is 753. The van der Waals surface area contributed by atoms with E-state index in [0.717, 1.165) is 11.3 Å². The molecule has 2 heterocycles. The van der Waals surface area contributed by atoms with Crippen LogP contribution in [0.5, 0.6) is 0 Å². The number of amides is 2. The van der Waals surface area contributed by atoms with E-state index in [1.54, 1.807) is 19.1 Å². The molecule has 0 radical (unpaired) electrons. The lowest BCUT2D eigenvalue weighted by Gasteiger charge is -2.07. The number of hydrogen-bond donors (Lipinski definition) is 2. The van der Waals surface area contributed by atoms with Gasteiger partial charge in [0.05, 0.1) is 17.0 Å². The molecule has 0 aromatic carbocycles. The van der Waals surface area contributed by atoms with Crippen molar-refractivity contribution in [1.82, 2.24) is 5.32 Å². The fourth-order valence-corrected chi connectivity index (χ4v) is 3.84. The van der Waals surface area contributed by atoms with Gasteiger partial charge in [-0.3, -0.25) is 9.59 Å². The molecule has 0 saturated carbocycles. The zero-order valence-corrected chi connectivity index (χ0v) is 16.4. The molecule has 0 aliphatic carbocycles. The molecule has 6 nitrogen and oxygen atoms in total. The van der Waals surface area contributed by atoms with Gasteiger partial charge < -0.3 is 15.4 Å². The Hall–Kier alpha value is -2.19. The first-order valence-corrected chi connectivity index (χ1v) is 10.2. The van der Waals surface area contributed by atoms with Crippen molar-refractivity contribution < 1.29 is 19.1 Å². The molecule has 0 fully saturated rings. The summed E-state index contributed by atoms with van der Waals surface area (Å²) in [6, 6.07) is 5.34. The molecule has 0 bridgehead atoms. The normalized spacial score (nSPS) is 10.4. The number of nitrogens with one attached hydrogen (secondary N) is 2. The van der Waals surface area contributed by atoms with Crippen LogP contribution >= 0.6 is 22.7 Å². The van der Waals surface area contributed by atoms with Crippen molar-refractivity contribution in [3.8, 4) is 0 Å². The zero-order valence-electron chi connectivity index (χ0n) is 14.8. The van der Waals surface area contributed by atoms with Crippen LogP contribution in [0.15, 0.2) is 23.6 Å². The lowest BCUT2D eigenvalue weighted by Crippen LogP contribution is -2.24. The van der Waals surface area contributed by atoms with Gasteiger partial charge in [0, 0.05) is 17.8 Å². The van der Waals surface area contributed by atoms with Gasteiger partial charge in [-0.05, 0) is 37.3 Å². The molecule has 2 aromatic rings. The van der Waals surface area contributed by atoms with Crippen molar-refractivity contribution in [2.75, 3.05) is 18.5 Å². The largest absolute Gasteiger partial charge is 0.462 e. The molecule has 2 aromatic heterocycles. The van der Waals surface area contributed by atoms with E-state index in [-0.39, 0.29) is 24.8 Å². The first kappa shape index (κ1) is 20.1. The monoisotopic (exact) mass is 394 g/mol. The Labute approximate surface area is 160 Å². The minimum atomic E-state index is -0.429. The number of anilines is 1. The average Bonchev–Trinajstić information content (AvgIpc) is 3.28. The predicted molar refractivity (Wildman–Crippen MR) is 104 cm³/mol. The van der Waals surface area contributed by atoms with Crippen LogP contribution in [0.4, 0.5) is 5.00 Å². The predicted octanol–water partition coefficient (Wildman–Crippen LogP) is 3.70. The van der Waals surface area contributed by atoms with Gasteiger partial charge in [-0.2, -0.15) is 0 Å². The van der Waals surface area contributed by atoms with E-state index >= 15 is 0 Å². The van der Waals surface area contributed by atoms with Gasteiger partial charge in [-0.25, -0.2) is 4.79 Å². The standard InChI is InChI=1S/C18H22N2O4S2/c1-3-12-11-13(18(23)24-4-2)17(26-12)20-15(21)8-5-9-19-16(22)14-7-6-10-25-14/h6-7,10-11H,3-5,8-9H2,1-2H3,(H,19,22)(H,20,21). The first-order valence-electron chi connectivity index (χ1n) is 8.46. The van der Waals surface area contributed by atoms with Crippen molar-refractivity contribution in [2.24, 2.45) is 0 Å². The minimum Gasteiger partial charge on any atom is -0.462 e. The molecular formula is C18H22N2O4S2. The Kier molecular flexibility index (Phi) is 7.80. The Morgan fingerprint density at radius 3 is 2.69 bits per heavy atom. The Morgan fingerprint density at radius 2 is 2.04 bits per heavy atom. The van der Waals surface area contributed by atoms with Crippen molar-refractivity contribution in [2.45, 2.75) is 33.1 Å². The van der Waals surface area contributed by atoms with Crippen molar-refractivity contribution in [1.29, 1.82) is 0 Å². The minimum absolute atomic E-state index is 0.129. The number of hydrogen-bond acceptors (Lipinski definition) is 6. The van der Waals surface area contributed by atoms with Crippen molar-refractivity contribution in [3.63, 3.8) is 0 Å². The lowest BCUT2D eigenvalue weighted by atomic mass is 10.2. The van der Waals surface area contributed by atoms with E-state index in [9.17, 15) is 14.4 Å². The second kappa shape index (κ2) is 10.1. The molecule has 0 atom stereocenters. The number of ether oxygens (including phenoxy) is 1.